The van der Waals surface area contributed by atoms with Gasteiger partial charge in [0.15, 0.2) is 6.29 Å². The van der Waals surface area contributed by atoms with Gasteiger partial charge in [0.1, 0.15) is 24.9 Å². The molecule has 0 spiro atoms. The molecule has 3 N–H and O–H groups in total. The number of hydrogen-bond acceptors (Lipinski definition) is 8. The lowest BCUT2D eigenvalue weighted by Gasteiger charge is -2.42. The number of rotatable bonds is 14. The minimum absolute atomic E-state index is 0.199. The summed E-state index contributed by atoms with van der Waals surface area (Å²) in [6.45, 7) is 0.755. The summed E-state index contributed by atoms with van der Waals surface area (Å²) in [6.07, 6.45) is -2.34. The molecule has 5 atom stereocenters. The zero-order valence-corrected chi connectivity index (χ0v) is 20.6. The van der Waals surface area contributed by atoms with E-state index >= 15 is 0 Å². The van der Waals surface area contributed by atoms with Crippen molar-refractivity contribution in [1.82, 2.24) is 5.32 Å². The van der Waals surface area contributed by atoms with Gasteiger partial charge in [-0.1, -0.05) is 65.8 Å². The normalized spacial score (nSPS) is 23.1. The lowest BCUT2D eigenvalue weighted by Crippen LogP contribution is -2.59. The van der Waals surface area contributed by atoms with Crippen LogP contribution in [0.5, 0.6) is 0 Å². The first-order valence-corrected chi connectivity index (χ1v) is 12.3. The molecule has 1 amide bonds. The number of hydrogen-bond donors (Lipinski definition) is 3. The number of unbranched alkanes of at least 4 members (excludes halogenated alkanes) is 2. The molecule has 1 fully saturated rings. The zero-order valence-electron chi connectivity index (χ0n) is 20.6. The average molecular weight is 515 g/mol. The number of alkyl carbamates (subject to hydrolysis) is 1. The molecule has 37 heavy (non-hydrogen) atoms. The summed E-state index contributed by atoms with van der Waals surface area (Å²) in [5.41, 5.74) is 10.8. The van der Waals surface area contributed by atoms with Crippen molar-refractivity contribution in [3.63, 3.8) is 0 Å². The van der Waals surface area contributed by atoms with Crippen LogP contribution in [0.3, 0.4) is 0 Å². The Morgan fingerprint density at radius 3 is 2.32 bits per heavy atom. The van der Waals surface area contributed by atoms with Crippen LogP contribution in [-0.4, -0.2) is 66.7 Å². The maximum Gasteiger partial charge on any atom is 0.407 e. The topological polar surface area (TPSA) is 155 Å². The summed E-state index contributed by atoms with van der Waals surface area (Å²) in [4.78, 5) is 14.6. The molecule has 1 aliphatic rings. The fourth-order valence-corrected chi connectivity index (χ4v) is 3.91. The lowest BCUT2D eigenvalue weighted by atomic mass is 9.97. The van der Waals surface area contributed by atoms with Crippen LogP contribution in [0.15, 0.2) is 65.8 Å². The molecule has 11 heteroatoms. The maximum absolute atomic E-state index is 11.8. The predicted octanol–water partition coefficient (Wildman–Crippen LogP) is 3.44. The van der Waals surface area contributed by atoms with Gasteiger partial charge in [-0.3, -0.25) is 0 Å². The van der Waals surface area contributed by atoms with E-state index in [-0.39, 0.29) is 19.8 Å². The molecule has 0 unspecified atom stereocenters. The Bertz CT molecular complexity index is 975. The van der Waals surface area contributed by atoms with E-state index in [0.29, 0.717) is 19.4 Å². The van der Waals surface area contributed by atoms with E-state index in [1.54, 1.807) is 0 Å². The lowest BCUT2D eigenvalue weighted by molar-refractivity contribution is -0.275. The van der Waals surface area contributed by atoms with Crippen molar-refractivity contribution in [1.29, 1.82) is 0 Å². The molecule has 0 aliphatic carbocycles. The number of amides is 1. The summed E-state index contributed by atoms with van der Waals surface area (Å²) in [5, 5.41) is 27.0. The van der Waals surface area contributed by atoms with Gasteiger partial charge in [-0.2, -0.15) is 0 Å². The number of azide groups is 1. The van der Waals surface area contributed by atoms with Gasteiger partial charge in [-0.05, 0) is 35.9 Å². The molecule has 0 bridgehead atoms. The first-order valence-electron chi connectivity index (χ1n) is 12.3. The Morgan fingerprint density at radius 2 is 1.68 bits per heavy atom. The highest BCUT2D eigenvalue weighted by Gasteiger charge is 2.46. The summed E-state index contributed by atoms with van der Waals surface area (Å²) < 4.78 is 22.5. The van der Waals surface area contributed by atoms with Gasteiger partial charge >= 0.3 is 6.09 Å². The molecule has 11 nitrogen and oxygen atoms in total. The molecule has 0 aromatic heterocycles. The van der Waals surface area contributed by atoms with Crippen molar-refractivity contribution in [3.05, 3.63) is 82.2 Å². The van der Waals surface area contributed by atoms with Gasteiger partial charge in [0.25, 0.3) is 0 Å². The third kappa shape index (κ3) is 9.32. The van der Waals surface area contributed by atoms with Gasteiger partial charge in [-0.15, -0.1) is 0 Å². The minimum Gasteiger partial charge on any atom is -0.445 e. The van der Waals surface area contributed by atoms with Crippen LogP contribution in [0.4, 0.5) is 4.79 Å². The molecule has 3 rings (SSSR count). The van der Waals surface area contributed by atoms with Crippen molar-refractivity contribution in [3.8, 4) is 0 Å². The van der Waals surface area contributed by atoms with Crippen LogP contribution in [0, 0.1) is 0 Å². The Hall–Kier alpha value is -3.18. The second kappa shape index (κ2) is 15.8. The quantitative estimate of drug-likeness (QED) is 0.151. The van der Waals surface area contributed by atoms with E-state index in [1.165, 1.54) is 0 Å². The molecular weight excluding hydrogens is 480 g/mol. The highest BCUT2D eigenvalue weighted by Crippen LogP contribution is 2.27. The molecular formula is C26H34N4O7. The average Bonchev–Trinajstić information content (AvgIpc) is 2.93. The van der Waals surface area contributed by atoms with Gasteiger partial charge in [0.2, 0.25) is 0 Å². The fraction of sp³-hybridized carbons (Fsp3) is 0.500. The van der Waals surface area contributed by atoms with Crippen LogP contribution in [0.25, 0.3) is 10.4 Å². The monoisotopic (exact) mass is 514 g/mol. The molecule has 0 radical (unpaired) electrons. The highest BCUT2D eigenvalue weighted by atomic mass is 16.7. The molecule has 2 aromatic rings. The first kappa shape index (κ1) is 28.4. The third-order valence-corrected chi connectivity index (χ3v) is 5.88. The number of carbonyl (C=O) groups excluding carboxylic acids is 1. The van der Waals surface area contributed by atoms with Crippen LogP contribution < -0.4 is 5.32 Å². The number of carbonyl (C=O) groups is 1. The smallest absolute Gasteiger partial charge is 0.407 e. The van der Waals surface area contributed by atoms with E-state index in [9.17, 15) is 15.0 Å². The maximum atomic E-state index is 11.8. The molecule has 1 aliphatic heterocycles. The SMILES string of the molecule is [N-]=[N+]=N[C@H]1[C@H](OCCCCCNC(=O)OCc2ccccc2)O[C@H](CO)[C@H](OCc2ccccc2)[C@@H]1O. The van der Waals surface area contributed by atoms with Gasteiger partial charge in [0.05, 0.1) is 19.3 Å². The molecule has 200 valence electrons. The third-order valence-electron chi connectivity index (χ3n) is 5.88. The van der Waals surface area contributed by atoms with Gasteiger partial charge < -0.3 is 34.5 Å². The Balaban J connectivity index is 1.36. The fourth-order valence-electron chi connectivity index (χ4n) is 3.91. The van der Waals surface area contributed by atoms with E-state index in [1.807, 2.05) is 60.7 Å². The standard InChI is InChI=1S/C26H34N4O7/c27-30-29-22-23(32)24(35-17-19-10-4-1-5-11-19)21(16-31)37-25(22)34-15-9-3-8-14-28-26(33)36-18-20-12-6-2-7-13-20/h1-2,4-7,10-13,21-25,31-32H,3,8-9,14-18H2,(H,28,33)/t21-,22-,23-,24+,25-/m1/s1. The number of nitrogens with zero attached hydrogens (tertiary/aromatic N) is 3. The van der Waals surface area contributed by atoms with Crippen LogP contribution >= 0.6 is 0 Å². The van der Waals surface area contributed by atoms with Crippen molar-refractivity contribution in [2.24, 2.45) is 5.11 Å². The summed E-state index contributed by atoms with van der Waals surface area (Å²) in [5.74, 6) is 0. The second-order valence-electron chi connectivity index (χ2n) is 8.59. The van der Waals surface area contributed by atoms with Crippen LogP contribution in [-0.2, 0) is 32.2 Å². The van der Waals surface area contributed by atoms with Gasteiger partial charge in [-0.25, -0.2) is 4.79 Å². The number of benzene rings is 2. The predicted molar refractivity (Wildman–Crippen MR) is 134 cm³/mol. The molecule has 1 saturated heterocycles. The van der Waals surface area contributed by atoms with E-state index in [4.69, 9.17) is 24.5 Å². The van der Waals surface area contributed by atoms with E-state index in [2.05, 4.69) is 15.3 Å². The second-order valence-corrected chi connectivity index (χ2v) is 8.59. The molecule has 0 saturated carbocycles. The largest absolute Gasteiger partial charge is 0.445 e. The Morgan fingerprint density at radius 1 is 1.00 bits per heavy atom. The first-order chi connectivity index (χ1) is 18.1. The Labute approximate surface area is 215 Å². The minimum atomic E-state index is -1.22. The number of ether oxygens (including phenoxy) is 4. The van der Waals surface area contributed by atoms with E-state index in [0.717, 1.165) is 17.5 Å². The molecule has 1 heterocycles. The van der Waals surface area contributed by atoms with Crippen LogP contribution in [0.1, 0.15) is 30.4 Å². The van der Waals surface area contributed by atoms with Crippen molar-refractivity contribution in [2.45, 2.75) is 63.1 Å². The zero-order chi connectivity index (χ0) is 26.3. The Kier molecular flexibility index (Phi) is 12.1. The van der Waals surface area contributed by atoms with E-state index < -0.39 is 43.3 Å². The summed E-state index contributed by atoms with van der Waals surface area (Å²) in [6, 6.07) is 17.8. The van der Waals surface area contributed by atoms with Gasteiger partial charge in [0, 0.05) is 18.1 Å². The van der Waals surface area contributed by atoms with Crippen molar-refractivity contribution >= 4 is 6.09 Å². The summed E-state index contributed by atoms with van der Waals surface area (Å²) >= 11 is 0. The summed E-state index contributed by atoms with van der Waals surface area (Å²) in [7, 11) is 0. The van der Waals surface area contributed by atoms with Crippen molar-refractivity contribution < 1.29 is 34.0 Å². The van der Waals surface area contributed by atoms with Crippen LogP contribution in [0.2, 0.25) is 0 Å². The molecule has 2 aromatic carbocycles. The number of aliphatic hydroxyl groups excluding tert-OH is 2. The number of nitrogens with one attached hydrogen (secondary N) is 1. The highest BCUT2D eigenvalue weighted by molar-refractivity contribution is 5.67. The van der Waals surface area contributed by atoms with Crippen molar-refractivity contribution in [2.75, 3.05) is 19.8 Å². The number of aliphatic hydroxyl groups is 2.